The normalized spacial score (nSPS) is 32.8. The van der Waals surface area contributed by atoms with Crippen molar-refractivity contribution in [2.24, 2.45) is 29.1 Å². The van der Waals surface area contributed by atoms with Crippen molar-refractivity contribution >= 4 is 18.3 Å². The van der Waals surface area contributed by atoms with Crippen LogP contribution in [-0.2, 0) is 11.2 Å². The number of amides is 1. The predicted molar refractivity (Wildman–Crippen MR) is 110 cm³/mol. The van der Waals surface area contributed by atoms with Crippen LogP contribution in [0.15, 0.2) is 4.52 Å². The Labute approximate surface area is 174 Å². The van der Waals surface area contributed by atoms with E-state index in [-0.39, 0.29) is 41.7 Å². The van der Waals surface area contributed by atoms with Crippen LogP contribution in [0.2, 0.25) is 0 Å². The molecule has 1 heterocycles. The molecular weight excluding hydrogens is 376 g/mol. The molecule has 1 amide bonds. The molecule has 2 atom stereocenters. The molecule has 7 heteroatoms. The van der Waals surface area contributed by atoms with Gasteiger partial charge in [-0.1, -0.05) is 19.0 Å². The predicted octanol–water partition coefficient (Wildman–Crippen LogP) is 3.67. The molecule has 0 spiro atoms. The average molecular weight is 411 g/mol. The number of halogens is 1. The van der Waals surface area contributed by atoms with E-state index in [2.05, 4.69) is 41.5 Å². The van der Waals surface area contributed by atoms with Gasteiger partial charge in [0.25, 0.3) is 0 Å². The lowest BCUT2D eigenvalue weighted by atomic mass is 9.49. The van der Waals surface area contributed by atoms with Gasteiger partial charge in [-0.3, -0.25) is 4.79 Å². The third kappa shape index (κ3) is 4.09. The van der Waals surface area contributed by atoms with Crippen LogP contribution in [0.5, 0.6) is 0 Å². The van der Waals surface area contributed by atoms with E-state index < -0.39 is 0 Å². The molecule has 4 bridgehead atoms. The van der Waals surface area contributed by atoms with Crippen molar-refractivity contribution in [3.8, 4) is 0 Å². The second-order valence-corrected chi connectivity index (χ2v) is 9.84. The molecule has 0 aliphatic heterocycles. The Morgan fingerprint density at radius 1 is 1.14 bits per heavy atom. The van der Waals surface area contributed by atoms with E-state index in [1.165, 1.54) is 19.3 Å². The Morgan fingerprint density at radius 2 is 1.71 bits per heavy atom. The maximum Gasteiger partial charge on any atom is 0.249 e. The maximum atomic E-state index is 13.4. The summed E-state index contributed by atoms with van der Waals surface area (Å²) in [4.78, 5) is 18.0. The number of hydrogen-bond acceptors (Lipinski definition) is 5. The third-order valence-corrected chi connectivity index (χ3v) is 7.20. The summed E-state index contributed by atoms with van der Waals surface area (Å²) in [6.45, 7) is 6.29. The number of nitrogens with one attached hydrogen (secondary N) is 2. The Balaban J connectivity index is 0.00000225. The second-order valence-electron chi connectivity index (χ2n) is 9.84. The highest BCUT2D eigenvalue weighted by atomic mass is 35.5. The first-order valence-electron chi connectivity index (χ1n) is 10.7. The van der Waals surface area contributed by atoms with Crippen molar-refractivity contribution in [1.82, 2.24) is 20.8 Å². The molecule has 2 N–H and O–H groups in total. The second kappa shape index (κ2) is 8.31. The number of hydrogen-bond donors (Lipinski definition) is 2. The van der Waals surface area contributed by atoms with Crippen LogP contribution in [0, 0.1) is 29.1 Å². The van der Waals surface area contributed by atoms with Crippen LogP contribution in [0.4, 0.5) is 0 Å². The first-order valence-corrected chi connectivity index (χ1v) is 10.7. The minimum Gasteiger partial charge on any atom is -0.344 e. The van der Waals surface area contributed by atoms with Gasteiger partial charge in [0.05, 0.1) is 0 Å². The summed E-state index contributed by atoms with van der Waals surface area (Å²) in [5, 5.41) is 10.6. The molecule has 158 valence electrons. The molecule has 4 fully saturated rings. The highest BCUT2D eigenvalue weighted by molar-refractivity contribution is 5.85. The Kier molecular flexibility index (Phi) is 6.40. The molecule has 28 heavy (non-hydrogen) atoms. The Morgan fingerprint density at radius 3 is 2.21 bits per heavy atom. The molecule has 0 aromatic carbocycles. The lowest BCUT2D eigenvalue weighted by Crippen LogP contribution is -2.54. The summed E-state index contributed by atoms with van der Waals surface area (Å²) in [7, 11) is 1.92. The number of nitrogens with zero attached hydrogens (tertiary/aromatic N) is 2. The number of likely N-dealkylation sites (N-methyl/N-ethyl adjacent to an activating group) is 1. The molecule has 0 radical (unpaired) electrons. The van der Waals surface area contributed by atoms with Gasteiger partial charge in [-0.15, -0.1) is 12.4 Å². The number of rotatable bonds is 7. The van der Waals surface area contributed by atoms with Crippen LogP contribution in [0.1, 0.15) is 77.1 Å². The van der Waals surface area contributed by atoms with Gasteiger partial charge in [0, 0.05) is 17.9 Å². The van der Waals surface area contributed by atoms with Crippen molar-refractivity contribution in [1.29, 1.82) is 0 Å². The number of aromatic nitrogens is 2. The fourth-order valence-electron chi connectivity index (χ4n) is 6.05. The van der Waals surface area contributed by atoms with Gasteiger partial charge < -0.3 is 15.2 Å². The zero-order chi connectivity index (χ0) is 19.2. The van der Waals surface area contributed by atoms with E-state index in [1.54, 1.807) is 0 Å². The summed E-state index contributed by atoms with van der Waals surface area (Å²) in [6.07, 6.45) is 7.97. The Hall–Kier alpha value is -1.14. The molecule has 6 nitrogen and oxygen atoms in total. The topological polar surface area (TPSA) is 80.0 Å². The Bertz CT molecular complexity index is 654. The largest absolute Gasteiger partial charge is 0.344 e. The summed E-state index contributed by atoms with van der Waals surface area (Å²) in [6, 6.07) is 0.0752. The number of carbonyl (C=O) groups excluding carboxylic acids is 1. The van der Waals surface area contributed by atoms with Gasteiger partial charge in [0.1, 0.15) is 6.04 Å². The monoisotopic (exact) mass is 410 g/mol. The molecule has 5 rings (SSSR count). The van der Waals surface area contributed by atoms with Crippen LogP contribution in [0.3, 0.4) is 0 Å². The van der Waals surface area contributed by atoms with Crippen LogP contribution in [0.25, 0.3) is 0 Å². The van der Waals surface area contributed by atoms with E-state index in [0.29, 0.717) is 18.1 Å². The molecule has 2 unspecified atom stereocenters. The molecule has 4 saturated carbocycles. The smallest absolute Gasteiger partial charge is 0.249 e. The lowest BCUT2D eigenvalue weighted by Gasteiger charge is -2.55. The van der Waals surface area contributed by atoms with E-state index in [4.69, 9.17) is 4.52 Å². The van der Waals surface area contributed by atoms with Crippen LogP contribution < -0.4 is 10.6 Å². The quantitative estimate of drug-likeness (QED) is 0.716. The maximum absolute atomic E-state index is 13.4. The summed E-state index contributed by atoms with van der Waals surface area (Å²) in [5.41, 5.74) is -0.147. The average Bonchev–Trinajstić information content (AvgIpc) is 3.05. The van der Waals surface area contributed by atoms with E-state index >= 15 is 0 Å². The third-order valence-electron chi connectivity index (χ3n) is 7.20. The number of carbonyl (C=O) groups is 1. The zero-order valence-electron chi connectivity index (χ0n) is 17.5. The molecule has 1 aromatic heterocycles. The van der Waals surface area contributed by atoms with E-state index in [9.17, 15) is 4.79 Å². The SMILES string of the molecule is CNC(C)Cc1noc(C(NC(=O)C23CC4CC(CC(C4)C2)C3)C(C)C)n1.Cl. The molecule has 0 saturated heterocycles. The fourth-order valence-corrected chi connectivity index (χ4v) is 6.05. The molecule has 4 aliphatic carbocycles. The van der Waals surface area contributed by atoms with Gasteiger partial charge in [-0.05, 0) is 76.2 Å². The highest BCUT2D eigenvalue weighted by Crippen LogP contribution is 2.60. The summed E-state index contributed by atoms with van der Waals surface area (Å²) < 4.78 is 5.55. The standard InChI is InChI=1S/C21H34N4O2.ClH/c1-12(2)18(19-23-17(25-27-19)5-13(3)22-4)24-20(26)21-9-14-6-15(10-21)8-16(7-14)11-21;/h12-16,18,22H,5-11H2,1-4H3,(H,24,26);1H. The molecule has 1 aromatic rings. The first-order chi connectivity index (χ1) is 12.9. The van der Waals surface area contributed by atoms with E-state index in [1.807, 2.05) is 7.05 Å². The fraction of sp³-hybridized carbons (Fsp3) is 0.857. The highest BCUT2D eigenvalue weighted by Gasteiger charge is 2.55. The van der Waals surface area contributed by atoms with Gasteiger partial charge in [0.15, 0.2) is 5.82 Å². The van der Waals surface area contributed by atoms with Crippen molar-refractivity contribution < 1.29 is 9.32 Å². The minimum absolute atomic E-state index is 0. The van der Waals surface area contributed by atoms with Crippen molar-refractivity contribution in [2.75, 3.05) is 7.05 Å². The van der Waals surface area contributed by atoms with E-state index in [0.717, 1.165) is 37.0 Å². The van der Waals surface area contributed by atoms with Gasteiger partial charge in [-0.2, -0.15) is 4.98 Å². The van der Waals surface area contributed by atoms with Gasteiger partial charge >= 0.3 is 0 Å². The summed E-state index contributed by atoms with van der Waals surface area (Å²) in [5.74, 6) is 3.96. The van der Waals surface area contributed by atoms with Crippen LogP contribution in [-0.4, -0.2) is 29.1 Å². The van der Waals surface area contributed by atoms with Gasteiger partial charge in [0.2, 0.25) is 11.8 Å². The first kappa shape index (κ1) is 21.6. The molecular formula is C21H35ClN4O2. The van der Waals surface area contributed by atoms with Crippen molar-refractivity contribution in [3.05, 3.63) is 11.7 Å². The van der Waals surface area contributed by atoms with Crippen molar-refractivity contribution in [2.45, 2.75) is 77.8 Å². The lowest BCUT2D eigenvalue weighted by molar-refractivity contribution is -0.147. The summed E-state index contributed by atoms with van der Waals surface area (Å²) >= 11 is 0. The minimum atomic E-state index is -0.211. The van der Waals surface area contributed by atoms with Gasteiger partial charge in [-0.25, -0.2) is 0 Å². The zero-order valence-corrected chi connectivity index (χ0v) is 18.3. The molecule has 4 aliphatic rings. The van der Waals surface area contributed by atoms with Crippen molar-refractivity contribution in [3.63, 3.8) is 0 Å². The van der Waals surface area contributed by atoms with Crippen LogP contribution >= 0.6 is 12.4 Å².